The molecule has 0 unspecified atom stereocenters. The lowest BCUT2D eigenvalue weighted by atomic mass is 10.1. The molecular formula is C29H34N6O4. The van der Waals surface area contributed by atoms with Gasteiger partial charge in [0.1, 0.15) is 24.4 Å². The van der Waals surface area contributed by atoms with Crippen molar-refractivity contribution in [1.82, 2.24) is 25.2 Å². The molecule has 0 aliphatic heterocycles. The maximum absolute atomic E-state index is 12.4. The van der Waals surface area contributed by atoms with Crippen LogP contribution < -0.4 is 16.4 Å². The molecule has 4 aromatic rings. The van der Waals surface area contributed by atoms with Crippen molar-refractivity contribution in [3.8, 4) is 0 Å². The fourth-order valence-electron chi connectivity index (χ4n) is 4.24. The van der Waals surface area contributed by atoms with Crippen LogP contribution in [0.3, 0.4) is 0 Å². The Bertz CT molecular complexity index is 1480. The molecular weight excluding hydrogens is 496 g/mol. The fourth-order valence-corrected chi connectivity index (χ4v) is 4.24. The molecule has 0 atom stereocenters. The number of aromatic nitrogens is 3. The van der Waals surface area contributed by atoms with E-state index in [4.69, 9.17) is 20.2 Å². The van der Waals surface area contributed by atoms with Gasteiger partial charge in [-0.15, -0.1) is 0 Å². The topological polar surface area (TPSA) is 133 Å². The minimum atomic E-state index is -0.470. The summed E-state index contributed by atoms with van der Waals surface area (Å²) in [5, 5.41) is 6.80. The highest BCUT2D eigenvalue weighted by Gasteiger charge is 2.20. The van der Waals surface area contributed by atoms with Crippen LogP contribution in [0.25, 0.3) is 21.9 Å². The highest BCUT2D eigenvalue weighted by Crippen LogP contribution is 2.29. The Morgan fingerprint density at radius 2 is 1.79 bits per heavy atom. The van der Waals surface area contributed by atoms with Gasteiger partial charge in [-0.3, -0.25) is 4.79 Å². The Balaban J connectivity index is 1.49. The number of nitrogens with zero attached hydrogens (tertiary/aromatic N) is 3. The van der Waals surface area contributed by atoms with Gasteiger partial charge in [0, 0.05) is 31.6 Å². The van der Waals surface area contributed by atoms with Crippen LogP contribution in [0.15, 0.2) is 60.7 Å². The quantitative estimate of drug-likeness (QED) is 0.143. The number of para-hydroxylation sites is 1. The van der Waals surface area contributed by atoms with Crippen LogP contribution in [-0.4, -0.2) is 52.9 Å². The highest BCUT2D eigenvalue weighted by atomic mass is 16.5. The van der Waals surface area contributed by atoms with E-state index >= 15 is 0 Å². The number of rotatable bonds is 12. The van der Waals surface area contributed by atoms with E-state index in [2.05, 4.69) is 22.2 Å². The molecule has 39 heavy (non-hydrogen) atoms. The van der Waals surface area contributed by atoms with Gasteiger partial charge in [0.25, 0.3) is 0 Å². The Hall–Kier alpha value is -4.44. The molecule has 0 bridgehead atoms. The summed E-state index contributed by atoms with van der Waals surface area (Å²) in [5.41, 5.74) is 11.3. The summed E-state index contributed by atoms with van der Waals surface area (Å²) in [6.07, 6.45) is -0.453. The lowest BCUT2D eigenvalue weighted by molar-refractivity contribution is -0.142. The molecule has 4 rings (SSSR count). The summed E-state index contributed by atoms with van der Waals surface area (Å²) in [5.74, 6) is 0.511. The molecule has 0 aliphatic rings. The lowest BCUT2D eigenvalue weighted by Crippen LogP contribution is -2.28. The van der Waals surface area contributed by atoms with E-state index in [9.17, 15) is 9.59 Å². The number of hydrogen-bond acceptors (Lipinski definition) is 8. The third-order valence-corrected chi connectivity index (χ3v) is 6.04. The molecule has 2 aromatic heterocycles. The zero-order valence-electron chi connectivity index (χ0n) is 22.3. The van der Waals surface area contributed by atoms with E-state index < -0.39 is 6.09 Å². The highest BCUT2D eigenvalue weighted by molar-refractivity contribution is 6.06. The second kappa shape index (κ2) is 12.9. The molecule has 0 saturated carbocycles. The summed E-state index contributed by atoms with van der Waals surface area (Å²) in [7, 11) is 0. The number of fused-ring (bicyclic) bond motifs is 3. The SMILES string of the molecule is C=C(C)CNCCOC(=O)NCc1ccc(Cn2c(CC(=O)OCC)nc3c(N)nc4ccccc4c32)cc1. The van der Waals surface area contributed by atoms with Crippen molar-refractivity contribution in [2.45, 2.75) is 33.4 Å². The van der Waals surface area contributed by atoms with Crippen LogP contribution >= 0.6 is 0 Å². The monoisotopic (exact) mass is 530 g/mol. The molecule has 0 spiro atoms. The first-order chi connectivity index (χ1) is 18.9. The zero-order valence-corrected chi connectivity index (χ0v) is 22.3. The molecule has 2 aromatic carbocycles. The second-order valence-corrected chi connectivity index (χ2v) is 9.25. The number of hydrogen-bond donors (Lipinski definition) is 3. The van der Waals surface area contributed by atoms with Crippen LogP contribution in [0.5, 0.6) is 0 Å². The fraction of sp³-hybridized carbons (Fsp3) is 0.310. The smallest absolute Gasteiger partial charge is 0.407 e. The minimum absolute atomic E-state index is 0.0170. The van der Waals surface area contributed by atoms with Crippen LogP contribution in [0, 0.1) is 0 Å². The van der Waals surface area contributed by atoms with Gasteiger partial charge in [-0.25, -0.2) is 14.8 Å². The first-order valence-corrected chi connectivity index (χ1v) is 12.9. The number of carbonyl (C=O) groups excluding carboxylic acids is 2. The molecule has 0 radical (unpaired) electrons. The molecule has 1 amide bonds. The molecule has 10 heteroatoms. The normalized spacial score (nSPS) is 11.0. The predicted octanol–water partition coefficient (Wildman–Crippen LogP) is 3.71. The summed E-state index contributed by atoms with van der Waals surface area (Å²) >= 11 is 0. The molecule has 0 saturated heterocycles. The van der Waals surface area contributed by atoms with E-state index in [-0.39, 0.29) is 19.0 Å². The third-order valence-electron chi connectivity index (χ3n) is 6.04. The molecule has 204 valence electrons. The van der Waals surface area contributed by atoms with Crippen molar-refractivity contribution >= 4 is 39.8 Å². The van der Waals surface area contributed by atoms with Gasteiger partial charge in [-0.2, -0.15) is 0 Å². The average molecular weight is 531 g/mol. The van der Waals surface area contributed by atoms with Gasteiger partial charge in [0.15, 0.2) is 5.82 Å². The molecule has 0 fully saturated rings. The summed E-state index contributed by atoms with van der Waals surface area (Å²) < 4.78 is 12.4. The number of amides is 1. The van der Waals surface area contributed by atoms with Crippen LogP contribution in [0.2, 0.25) is 0 Å². The van der Waals surface area contributed by atoms with Crippen LogP contribution in [-0.2, 0) is 33.8 Å². The number of nitrogens with one attached hydrogen (secondary N) is 2. The first kappa shape index (κ1) is 27.6. The molecule has 2 heterocycles. The first-order valence-electron chi connectivity index (χ1n) is 12.9. The maximum atomic E-state index is 12.4. The second-order valence-electron chi connectivity index (χ2n) is 9.25. The van der Waals surface area contributed by atoms with Crippen molar-refractivity contribution in [2.24, 2.45) is 0 Å². The number of pyridine rings is 1. The predicted molar refractivity (Wildman–Crippen MR) is 151 cm³/mol. The van der Waals surface area contributed by atoms with Crippen molar-refractivity contribution < 1.29 is 19.1 Å². The Kier molecular flexibility index (Phi) is 9.11. The van der Waals surface area contributed by atoms with E-state index in [0.29, 0.717) is 49.9 Å². The van der Waals surface area contributed by atoms with Crippen LogP contribution in [0.1, 0.15) is 30.8 Å². The number of imidazole rings is 1. The Morgan fingerprint density at radius 1 is 1.05 bits per heavy atom. The van der Waals surface area contributed by atoms with Gasteiger partial charge in [0.05, 0.1) is 17.6 Å². The number of nitrogen functional groups attached to an aromatic ring is 1. The largest absolute Gasteiger partial charge is 0.466 e. The van der Waals surface area contributed by atoms with Crippen molar-refractivity contribution in [3.05, 3.63) is 77.6 Å². The number of anilines is 1. The number of nitrogens with two attached hydrogens (primary N) is 1. The van der Waals surface area contributed by atoms with Gasteiger partial charge in [0.2, 0.25) is 0 Å². The Morgan fingerprint density at radius 3 is 2.54 bits per heavy atom. The standard InChI is InChI=1S/C29H34N6O4/c1-4-38-25(36)15-24-34-26-27(22-7-5-6-8-23(22)33-28(26)30)35(24)18-21-11-9-20(10-12-21)17-32-29(37)39-14-13-31-16-19(2)3/h5-12,31H,2,4,13-18H2,1,3H3,(H2,30,33)(H,32,37). The lowest BCUT2D eigenvalue weighted by Gasteiger charge is -2.12. The van der Waals surface area contributed by atoms with E-state index in [1.165, 1.54) is 0 Å². The van der Waals surface area contributed by atoms with Crippen molar-refractivity contribution in [3.63, 3.8) is 0 Å². The van der Waals surface area contributed by atoms with Gasteiger partial charge < -0.3 is 30.4 Å². The van der Waals surface area contributed by atoms with E-state index in [0.717, 1.165) is 33.1 Å². The van der Waals surface area contributed by atoms with E-state index in [1.54, 1.807) is 6.92 Å². The summed E-state index contributed by atoms with van der Waals surface area (Å²) in [6.45, 7) is 10.1. The molecule has 4 N–H and O–H groups in total. The minimum Gasteiger partial charge on any atom is -0.466 e. The molecule has 0 aliphatic carbocycles. The van der Waals surface area contributed by atoms with Gasteiger partial charge in [-0.1, -0.05) is 54.6 Å². The van der Waals surface area contributed by atoms with Crippen LogP contribution in [0.4, 0.5) is 10.6 Å². The molecule has 10 nitrogen and oxygen atoms in total. The maximum Gasteiger partial charge on any atom is 0.407 e. The number of benzene rings is 2. The van der Waals surface area contributed by atoms with Gasteiger partial charge >= 0.3 is 12.1 Å². The average Bonchev–Trinajstić information content (AvgIpc) is 3.26. The number of esters is 1. The van der Waals surface area contributed by atoms with E-state index in [1.807, 2.05) is 60.0 Å². The van der Waals surface area contributed by atoms with Crippen molar-refractivity contribution in [2.75, 3.05) is 32.0 Å². The van der Waals surface area contributed by atoms with Crippen molar-refractivity contribution in [1.29, 1.82) is 0 Å². The summed E-state index contributed by atoms with van der Waals surface area (Å²) in [4.78, 5) is 33.5. The third kappa shape index (κ3) is 7.11. The number of alkyl carbamates (subject to hydrolysis) is 1. The number of carbonyl (C=O) groups is 2. The summed E-state index contributed by atoms with van der Waals surface area (Å²) in [6, 6.07) is 15.6. The van der Waals surface area contributed by atoms with Gasteiger partial charge in [-0.05, 0) is 31.0 Å². The Labute approximate surface area is 227 Å². The number of ether oxygens (including phenoxy) is 2. The zero-order chi connectivity index (χ0) is 27.8.